The lowest BCUT2D eigenvalue weighted by Crippen LogP contribution is -2.04. The van der Waals surface area contributed by atoms with E-state index in [1.807, 2.05) is 6.07 Å². The summed E-state index contributed by atoms with van der Waals surface area (Å²) in [5.74, 6) is 0.535. The molecule has 2 aromatic heterocycles. The molecule has 19 heavy (non-hydrogen) atoms. The van der Waals surface area contributed by atoms with E-state index in [1.54, 1.807) is 19.3 Å². The fourth-order valence-electron chi connectivity index (χ4n) is 2.33. The van der Waals surface area contributed by atoms with Crippen molar-refractivity contribution in [1.82, 2.24) is 20.2 Å². The van der Waals surface area contributed by atoms with Crippen LogP contribution < -0.4 is 0 Å². The third kappa shape index (κ3) is 2.43. The molecule has 3 rings (SSSR count). The summed E-state index contributed by atoms with van der Waals surface area (Å²) in [6, 6.07) is 1.92. The fourth-order valence-corrected chi connectivity index (χ4v) is 2.56. The molecule has 5 nitrogen and oxygen atoms in total. The maximum Gasteiger partial charge on any atom is 0.155 e. The summed E-state index contributed by atoms with van der Waals surface area (Å²) >= 11 is 6.10. The monoisotopic (exact) mass is 276 g/mol. The molecule has 0 aromatic carbocycles. The van der Waals surface area contributed by atoms with Gasteiger partial charge in [0.05, 0.1) is 11.8 Å². The van der Waals surface area contributed by atoms with Gasteiger partial charge >= 0.3 is 0 Å². The first-order valence-corrected chi connectivity index (χ1v) is 6.51. The van der Waals surface area contributed by atoms with Crippen molar-refractivity contribution in [1.29, 1.82) is 0 Å². The Morgan fingerprint density at radius 2 is 2.05 bits per heavy atom. The summed E-state index contributed by atoms with van der Waals surface area (Å²) in [5.41, 5.74) is 2.46. The van der Waals surface area contributed by atoms with Crippen LogP contribution in [0.15, 0.2) is 24.8 Å². The predicted octanol–water partition coefficient (Wildman–Crippen LogP) is 2.07. The molecule has 1 aliphatic carbocycles. The van der Waals surface area contributed by atoms with Gasteiger partial charge in [-0.2, -0.15) is 0 Å². The molecule has 1 aliphatic rings. The maximum absolute atomic E-state index is 9.60. The Labute approximate surface area is 115 Å². The van der Waals surface area contributed by atoms with E-state index in [9.17, 15) is 5.11 Å². The lowest BCUT2D eigenvalue weighted by molar-refractivity contribution is 0.169. The molecular weight excluding hydrogens is 264 g/mol. The van der Waals surface area contributed by atoms with Gasteiger partial charge in [-0.3, -0.25) is 0 Å². The highest BCUT2D eigenvalue weighted by Gasteiger charge is 2.43. The van der Waals surface area contributed by atoms with Crippen molar-refractivity contribution in [2.45, 2.75) is 25.4 Å². The first kappa shape index (κ1) is 12.4. The Bertz CT molecular complexity index is 590. The van der Waals surface area contributed by atoms with E-state index >= 15 is 0 Å². The molecule has 0 bridgehead atoms. The Balaban J connectivity index is 1.94. The van der Waals surface area contributed by atoms with Crippen LogP contribution in [0.4, 0.5) is 0 Å². The lowest BCUT2D eigenvalue weighted by Gasteiger charge is -2.06. The van der Waals surface area contributed by atoms with Gasteiger partial charge < -0.3 is 5.11 Å². The second-order valence-corrected chi connectivity index (χ2v) is 5.21. The minimum absolute atomic E-state index is 0.265. The van der Waals surface area contributed by atoms with Gasteiger partial charge in [0.15, 0.2) is 5.15 Å². The molecule has 98 valence electrons. The Kier molecular flexibility index (Phi) is 3.16. The molecular formula is C13H13ClN4O. The van der Waals surface area contributed by atoms with Gasteiger partial charge in [-0.25, -0.2) is 9.97 Å². The number of halogens is 1. The molecule has 2 aromatic rings. The number of nitrogens with zero attached hydrogens (tertiary/aromatic N) is 4. The average molecular weight is 277 g/mol. The van der Waals surface area contributed by atoms with Crippen molar-refractivity contribution in [2.24, 2.45) is 5.92 Å². The van der Waals surface area contributed by atoms with Crippen LogP contribution in [0.1, 0.15) is 24.8 Å². The molecule has 0 spiro atoms. The molecule has 1 N–H and O–H groups in total. The van der Waals surface area contributed by atoms with E-state index in [1.165, 1.54) is 6.33 Å². The zero-order valence-corrected chi connectivity index (χ0v) is 11.1. The number of aliphatic hydroxyl groups is 1. The molecule has 3 atom stereocenters. The molecule has 6 heteroatoms. The standard InChI is InChI=1S/C13H13ClN4O/c1-7(19)9-2-10(9)11-3-12(17-18-13(11)14)8-4-15-6-16-5-8/h3-7,9-10,19H,2H2,1H3/t7?,9-,10+/m1/s1. The normalized spacial score (nSPS) is 23.1. The number of hydrogen-bond acceptors (Lipinski definition) is 5. The SMILES string of the molecule is CC(O)[C@H]1C[C@@H]1c1cc(-c2cncnc2)nnc1Cl. The second kappa shape index (κ2) is 4.83. The summed E-state index contributed by atoms with van der Waals surface area (Å²) in [7, 11) is 0. The second-order valence-electron chi connectivity index (χ2n) is 4.85. The highest BCUT2D eigenvalue weighted by molar-refractivity contribution is 6.30. The third-order valence-corrected chi connectivity index (χ3v) is 3.79. The summed E-state index contributed by atoms with van der Waals surface area (Å²) in [5, 5.41) is 18.1. The Hall–Kier alpha value is -1.59. The molecule has 0 aliphatic heterocycles. The van der Waals surface area contributed by atoms with Gasteiger partial charge in [0.2, 0.25) is 0 Å². The van der Waals surface area contributed by atoms with Crippen LogP contribution in [-0.2, 0) is 0 Å². The van der Waals surface area contributed by atoms with E-state index in [-0.39, 0.29) is 17.9 Å². The molecule has 2 heterocycles. The van der Waals surface area contributed by atoms with E-state index in [0.29, 0.717) is 10.8 Å². The maximum atomic E-state index is 9.60. The molecule has 0 amide bonds. The van der Waals surface area contributed by atoms with Crippen molar-refractivity contribution in [3.05, 3.63) is 35.5 Å². The highest BCUT2D eigenvalue weighted by Crippen LogP contribution is 2.51. The number of rotatable bonds is 3. The van der Waals surface area contributed by atoms with Crippen LogP contribution in [0.25, 0.3) is 11.3 Å². The molecule has 1 unspecified atom stereocenters. The number of aromatic nitrogens is 4. The van der Waals surface area contributed by atoms with Crippen molar-refractivity contribution in [3.8, 4) is 11.3 Å². The number of aliphatic hydroxyl groups excluding tert-OH is 1. The van der Waals surface area contributed by atoms with Crippen molar-refractivity contribution in [2.75, 3.05) is 0 Å². The fraction of sp³-hybridized carbons (Fsp3) is 0.385. The lowest BCUT2D eigenvalue weighted by atomic mass is 10.1. The van der Waals surface area contributed by atoms with Crippen LogP contribution in [0.2, 0.25) is 5.15 Å². The van der Waals surface area contributed by atoms with Gasteiger partial charge in [0.1, 0.15) is 6.33 Å². The summed E-state index contributed by atoms with van der Waals surface area (Å²) in [4.78, 5) is 7.93. The molecule has 1 saturated carbocycles. The summed E-state index contributed by atoms with van der Waals surface area (Å²) in [6.45, 7) is 1.80. The topological polar surface area (TPSA) is 71.8 Å². The average Bonchev–Trinajstić information content (AvgIpc) is 3.21. The van der Waals surface area contributed by atoms with Crippen molar-refractivity contribution >= 4 is 11.6 Å². The first-order valence-electron chi connectivity index (χ1n) is 6.13. The van der Waals surface area contributed by atoms with Gasteiger partial charge in [-0.15, -0.1) is 10.2 Å². The minimum atomic E-state index is -0.322. The Morgan fingerprint density at radius 1 is 1.32 bits per heavy atom. The third-order valence-electron chi connectivity index (χ3n) is 3.49. The highest BCUT2D eigenvalue weighted by atomic mass is 35.5. The smallest absolute Gasteiger partial charge is 0.155 e. The van der Waals surface area contributed by atoms with Crippen LogP contribution in [0.3, 0.4) is 0 Å². The van der Waals surface area contributed by atoms with Gasteiger partial charge in [0.25, 0.3) is 0 Å². The largest absolute Gasteiger partial charge is 0.393 e. The predicted molar refractivity (Wildman–Crippen MR) is 70.6 cm³/mol. The number of hydrogen-bond donors (Lipinski definition) is 1. The minimum Gasteiger partial charge on any atom is -0.393 e. The van der Waals surface area contributed by atoms with Crippen molar-refractivity contribution < 1.29 is 5.11 Å². The van der Waals surface area contributed by atoms with Crippen molar-refractivity contribution in [3.63, 3.8) is 0 Å². The van der Waals surface area contributed by atoms with E-state index in [4.69, 9.17) is 11.6 Å². The zero-order chi connectivity index (χ0) is 13.4. The molecule has 0 radical (unpaired) electrons. The van der Waals surface area contributed by atoms with Gasteiger partial charge in [0, 0.05) is 18.0 Å². The van der Waals surface area contributed by atoms with Crippen LogP contribution in [0.5, 0.6) is 0 Å². The van der Waals surface area contributed by atoms with Crippen LogP contribution in [-0.4, -0.2) is 31.4 Å². The molecule has 0 saturated heterocycles. The zero-order valence-electron chi connectivity index (χ0n) is 10.4. The molecule has 1 fully saturated rings. The first-order chi connectivity index (χ1) is 9.16. The van der Waals surface area contributed by atoms with E-state index in [0.717, 1.165) is 17.5 Å². The van der Waals surface area contributed by atoms with E-state index in [2.05, 4.69) is 20.2 Å². The van der Waals surface area contributed by atoms with E-state index < -0.39 is 0 Å². The van der Waals surface area contributed by atoms with Crippen LogP contribution >= 0.6 is 11.6 Å². The summed E-state index contributed by atoms with van der Waals surface area (Å²) in [6.07, 6.45) is 5.46. The van der Waals surface area contributed by atoms with Crippen LogP contribution in [0, 0.1) is 5.92 Å². The quantitative estimate of drug-likeness (QED) is 0.929. The van der Waals surface area contributed by atoms with Gasteiger partial charge in [-0.05, 0) is 36.8 Å². The Morgan fingerprint density at radius 3 is 2.68 bits per heavy atom. The summed E-state index contributed by atoms with van der Waals surface area (Å²) < 4.78 is 0. The van der Waals surface area contributed by atoms with Gasteiger partial charge in [-0.1, -0.05) is 11.6 Å².